The summed E-state index contributed by atoms with van der Waals surface area (Å²) >= 11 is 0. The van der Waals surface area contributed by atoms with Gasteiger partial charge in [0.25, 0.3) is 0 Å². The van der Waals surface area contributed by atoms with Gasteiger partial charge >= 0.3 is 6.18 Å². The third kappa shape index (κ3) is 5.23. The molecule has 0 radical (unpaired) electrons. The van der Waals surface area contributed by atoms with E-state index >= 15 is 0 Å². The largest absolute Gasteiger partial charge is 0.409 e. The molecule has 0 aromatic carbocycles. The van der Waals surface area contributed by atoms with Gasteiger partial charge in [-0.25, -0.2) is 0 Å². The van der Waals surface area contributed by atoms with Gasteiger partial charge < -0.3 is 21.2 Å². The third-order valence-electron chi connectivity index (χ3n) is 3.27. The molecule has 0 amide bonds. The van der Waals surface area contributed by atoms with E-state index in [2.05, 4.69) is 15.4 Å². The topological polar surface area (TPSA) is 73.9 Å². The van der Waals surface area contributed by atoms with E-state index in [0.29, 0.717) is 6.54 Å². The molecule has 112 valence electrons. The molecule has 4 N–H and O–H groups in total. The number of likely N-dealkylation sites (tertiary alicyclic amines) is 1. The molecule has 5 nitrogen and oxygen atoms in total. The molecular formula is C11H21F3N4O. The second-order valence-corrected chi connectivity index (χ2v) is 4.94. The molecule has 1 rings (SSSR count). The molecule has 2 unspecified atom stereocenters. The monoisotopic (exact) mass is 282 g/mol. The molecule has 1 saturated heterocycles. The molecule has 19 heavy (non-hydrogen) atoms. The molecule has 0 aliphatic carbocycles. The average Bonchev–Trinajstić information content (AvgIpc) is 2.79. The highest BCUT2D eigenvalue weighted by Gasteiger charge is 2.42. The Labute approximate surface area is 110 Å². The van der Waals surface area contributed by atoms with Gasteiger partial charge in [0.15, 0.2) is 5.84 Å². The van der Waals surface area contributed by atoms with E-state index in [4.69, 9.17) is 10.9 Å². The van der Waals surface area contributed by atoms with Crippen LogP contribution in [-0.2, 0) is 0 Å². The Balaban J connectivity index is 2.42. The molecule has 8 heteroatoms. The molecule has 1 heterocycles. The Morgan fingerprint density at radius 1 is 1.42 bits per heavy atom. The first-order chi connectivity index (χ1) is 8.84. The van der Waals surface area contributed by atoms with Gasteiger partial charge in [-0.2, -0.15) is 13.2 Å². The molecule has 0 aromatic heterocycles. The first-order valence-corrected chi connectivity index (χ1v) is 6.34. The molecule has 0 bridgehead atoms. The maximum atomic E-state index is 12.7. The van der Waals surface area contributed by atoms with E-state index in [0.717, 1.165) is 25.9 Å². The number of oxime groups is 1. The number of alkyl halides is 3. The summed E-state index contributed by atoms with van der Waals surface area (Å²) in [5, 5.41) is 13.6. The molecule has 0 saturated carbocycles. The number of nitrogens with one attached hydrogen (secondary N) is 1. The quantitative estimate of drug-likeness (QED) is 0.294. The molecule has 1 aliphatic heterocycles. The van der Waals surface area contributed by atoms with Gasteiger partial charge in [0.05, 0.1) is 0 Å². The predicted octanol–water partition coefficient (Wildman–Crippen LogP) is 0.985. The van der Waals surface area contributed by atoms with Gasteiger partial charge in [0.2, 0.25) is 0 Å². The summed E-state index contributed by atoms with van der Waals surface area (Å²) in [7, 11) is 0. The minimum Gasteiger partial charge on any atom is -0.409 e. The molecule has 0 spiro atoms. The van der Waals surface area contributed by atoms with Crippen molar-refractivity contribution in [1.82, 2.24) is 10.2 Å². The number of nitrogens with two attached hydrogens (primary N) is 1. The van der Waals surface area contributed by atoms with Crippen molar-refractivity contribution in [2.45, 2.75) is 32.0 Å². The van der Waals surface area contributed by atoms with Crippen LogP contribution in [0, 0.1) is 5.92 Å². The minimum absolute atomic E-state index is 0.0746. The van der Waals surface area contributed by atoms with Crippen molar-refractivity contribution in [3.05, 3.63) is 0 Å². The molecule has 1 aliphatic rings. The SMILES string of the molecule is CC(CN1CCCC1)NCC(C(N)=NO)C(F)(F)F. The first-order valence-electron chi connectivity index (χ1n) is 6.34. The first kappa shape index (κ1) is 16.0. The van der Waals surface area contributed by atoms with Crippen molar-refractivity contribution in [3.63, 3.8) is 0 Å². The summed E-state index contributed by atoms with van der Waals surface area (Å²) in [5.74, 6) is -2.77. The highest BCUT2D eigenvalue weighted by Crippen LogP contribution is 2.26. The summed E-state index contributed by atoms with van der Waals surface area (Å²) < 4.78 is 38.1. The lowest BCUT2D eigenvalue weighted by Crippen LogP contribution is -2.47. The zero-order valence-electron chi connectivity index (χ0n) is 11.0. The Hall–Kier alpha value is -1.02. The van der Waals surface area contributed by atoms with Crippen molar-refractivity contribution in [3.8, 4) is 0 Å². The van der Waals surface area contributed by atoms with Gasteiger partial charge in [-0.3, -0.25) is 0 Å². The smallest absolute Gasteiger partial charge is 0.400 e. The van der Waals surface area contributed by atoms with E-state index in [1.807, 2.05) is 6.92 Å². The second-order valence-electron chi connectivity index (χ2n) is 4.94. The fraction of sp³-hybridized carbons (Fsp3) is 0.909. The third-order valence-corrected chi connectivity index (χ3v) is 3.27. The van der Waals surface area contributed by atoms with Crippen LogP contribution in [0.25, 0.3) is 0 Å². The Kier molecular flexibility index (Phi) is 5.86. The Morgan fingerprint density at radius 2 is 2.00 bits per heavy atom. The van der Waals surface area contributed by atoms with Crippen molar-refractivity contribution in [1.29, 1.82) is 0 Å². The maximum absolute atomic E-state index is 12.7. The van der Waals surface area contributed by atoms with Crippen molar-refractivity contribution < 1.29 is 18.4 Å². The molecule has 0 aromatic rings. The average molecular weight is 282 g/mol. The lowest BCUT2D eigenvalue weighted by molar-refractivity contribution is -0.155. The highest BCUT2D eigenvalue weighted by molar-refractivity contribution is 5.83. The van der Waals surface area contributed by atoms with E-state index < -0.39 is 17.9 Å². The number of amidine groups is 1. The molecule has 2 atom stereocenters. The van der Waals surface area contributed by atoms with Crippen LogP contribution in [0.15, 0.2) is 5.16 Å². The van der Waals surface area contributed by atoms with Crippen molar-refractivity contribution in [2.75, 3.05) is 26.2 Å². The summed E-state index contributed by atoms with van der Waals surface area (Å²) in [5.41, 5.74) is 5.08. The normalized spacial score (nSPS) is 21.6. The fourth-order valence-electron chi connectivity index (χ4n) is 2.19. The van der Waals surface area contributed by atoms with Gasteiger partial charge in [-0.15, -0.1) is 0 Å². The number of hydrogen-bond donors (Lipinski definition) is 3. The van der Waals surface area contributed by atoms with Gasteiger partial charge in [-0.05, 0) is 32.9 Å². The van der Waals surface area contributed by atoms with Gasteiger partial charge in [0.1, 0.15) is 5.92 Å². The van der Waals surface area contributed by atoms with Crippen LogP contribution < -0.4 is 11.1 Å². The fourth-order valence-corrected chi connectivity index (χ4v) is 2.19. The van der Waals surface area contributed by atoms with Crippen LogP contribution in [0.3, 0.4) is 0 Å². The van der Waals surface area contributed by atoms with Crippen LogP contribution >= 0.6 is 0 Å². The predicted molar refractivity (Wildman–Crippen MR) is 66.1 cm³/mol. The van der Waals surface area contributed by atoms with E-state index in [1.165, 1.54) is 0 Å². The number of nitrogens with zero attached hydrogens (tertiary/aromatic N) is 2. The van der Waals surface area contributed by atoms with E-state index in [1.54, 1.807) is 0 Å². The van der Waals surface area contributed by atoms with Gasteiger partial charge in [0, 0.05) is 19.1 Å². The number of rotatable bonds is 6. The Morgan fingerprint density at radius 3 is 2.47 bits per heavy atom. The van der Waals surface area contributed by atoms with E-state index in [-0.39, 0.29) is 12.6 Å². The van der Waals surface area contributed by atoms with Crippen molar-refractivity contribution in [2.24, 2.45) is 16.8 Å². The number of halogens is 3. The standard InChI is InChI=1S/C11H21F3N4O/c1-8(7-18-4-2-3-5-18)16-6-9(10(15)17-19)11(12,13)14/h8-9,16,19H,2-7H2,1H3,(H2,15,17). The Bertz CT molecular complexity index is 303. The minimum atomic E-state index is -4.52. The number of hydrogen-bond acceptors (Lipinski definition) is 4. The van der Waals surface area contributed by atoms with Gasteiger partial charge in [-0.1, -0.05) is 5.16 Å². The van der Waals surface area contributed by atoms with Crippen LogP contribution in [0.1, 0.15) is 19.8 Å². The summed E-state index contributed by atoms with van der Waals surface area (Å²) in [6.07, 6.45) is -2.24. The van der Waals surface area contributed by atoms with Crippen LogP contribution in [0.2, 0.25) is 0 Å². The second kappa shape index (κ2) is 6.95. The maximum Gasteiger partial charge on any atom is 0.400 e. The van der Waals surface area contributed by atoms with Crippen LogP contribution in [0.5, 0.6) is 0 Å². The highest BCUT2D eigenvalue weighted by atomic mass is 19.4. The summed E-state index contributed by atoms with van der Waals surface area (Å²) in [6.45, 7) is 4.15. The zero-order chi connectivity index (χ0) is 14.5. The summed E-state index contributed by atoms with van der Waals surface area (Å²) in [4.78, 5) is 2.21. The van der Waals surface area contributed by atoms with Crippen LogP contribution in [-0.4, -0.2) is 54.3 Å². The summed E-state index contributed by atoms with van der Waals surface area (Å²) in [6, 6.07) is -0.0746. The lowest BCUT2D eigenvalue weighted by Gasteiger charge is -2.24. The zero-order valence-corrected chi connectivity index (χ0v) is 11.0. The lowest BCUT2D eigenvalue weighted by atomic mass is 10.1. The van der Waals surface area contributed by atoms with Crippen LogP contribution in [0.4, 0.5) is 13.2 Å². The molecule has 1 fully saturated rings. The van der Waals surface area contributed by atoms with Crippen molar-refractivity contribution >= 4 is 5.84 Å². The molecular weight excluding hydrogens is 261 g/mol. The van der Waals surface area contributed by atoms with E-state index in [9.17, 15) is 13.2 Å².